The molecule has 0 radical (unpaired) electrons. The fourth-order valence-electron chi connectivity index (χ4n) is 2.25. The van der Waals surface area contributed by atoms with Crippen molar-refractivity contribution < 1.29 is 0 Å². The monoisotopic (exact) mass is 293 g/mol. The van der Waals surface area contributed by atoms with Gasteiger partial charge in [0.05, 0.1) is 23.5 Å². The number of aromatic nitrogens is 3. The molecule has 0 saturated heterocycles. The molecule has 0 spiro atoms. The first-order valence-corrected chi connectivity index (χ1v) is 7.28. The molecular weight excluding hydrogens is 282 g/mol. The predicted molar refractivity (Wildman–Crippen MR) is 78.1 cm³/mol. The number of H-pyrrole nitrogens is 1. The van der Waals surface area contributed by atoms with Gasteiger partial charge in [0.1, 0.15) is 5.82 Å². The molecule has 0 aliphatic rings. The van der Waals surface area contributed by atoms with E-state index in [0.717, 1.165) is 28.1 Å². The van der Waals surface area contributed by atoms with Crippen molar-refractivity contribution in [1.82, 2.24) is 14.5 Å². The van der Waals surface area contributed by atoms with Crippen LogP contribution in [0.5, 0.6) is 0 Å². The molecule has 6 heteroatoms. The molecule has 1 aromatic carbocycles. The summed E-state index contributed by atoms with van der Waals surface area (Å²) in [5.41, 5.74) is 4.04. The summed E-state index contributed by atoms with van der Waals surface area (Å²) in [5.74, 6) is 1.17. The van der Waals surface area contributed by atoms with Gasteiger partial charge in [0.25, 0.3) is 0 Å². The van der Waals surface area contributed by atoms with Crippen LogP contribution >= 0.6 is 22.9 Å². The second-order valence-corrected chi connectivity index (χ2v) is 5.47. The average Bonchev–Trinajstić information content (AvgIpc) is 2.95. The highest BCUT2D eigenvalue weighted by atomic mass is 35.5. The molecule has 0 unspecified atom stereocenters. The Kier molecular flexibility index (Phi) is 3.16. The van der Waals surface area contributed by atoms with Gasteiger partial charge in [-0.2, -0.15) is 0 Å². The van der Waals surface area contributed by atoms with Crippen molar-refractivity contribution in [3.8, 4) is 0 Å². The molecule has 4 nitrogen and oxygen atoms in total. The van der Waals surface area contributed by atoms with Crippen LogP contribution in [0.2, 0.25) is 0 Å². The van der Waals surface area contributed by atoms with Crippen molar-refractivity contribution in [3.05, 3.63) is 50.3 Å². The van der Waals surface area contributed by atoms with Crippen molar-refractivity contribution in [2.75, 3.05) is 0 Å². The number of alkyl halides is 1. The van der Waals surface area contributed by atoms with E-state index >= 15 is 0 Å². The van der Waals surface area contributed by atoms with Gasteiger partial charge in [-0.15, -0.1) is 11.6 Å². The maximum Gasteiger partial charge on any atom is 0.304 e. The van der Waals surface area contributed by atoms with Crippen LogP contribution in [-0.2, 0) is 12.4 Å². The first-order valence-electron chi connectivity index (χ1n) is 5.86. The third kappa shape index (κ3) is 2.19. The van der Waals surface area contributed by atoms with Crippen molar-refractivity contribution in [1.29, 1.82) is 0 Å². The zero-order valence-corrected chi connectivity index (χ0v) is 11.9. The van der Waals surface area contributed by atoms with Gasteiger partial charge in [-0.3, -0.25) is 4.79 Å². The molecule has 0 aliphatic carbocycles. The summed E-state index contributed by atoms with van der Waals surface area (Å²) in [7, 11) is 0. The largest absolute Gasteiger partial charge is 0.321 e. The van der Waals surface area contributed by atoms with Gasteiger partial charge >= 0.3 is 4.87 Å². The highest BCUT2D eigenvalue weighted by Gasteiger charge is 2.12. The topological polar surface area (TPSA) is 50.7 Å². The summed E-state index contributed by atoms with van der Waals surface area (Å²) in [6, 6.07) is 6.01. The first kappa shape index (κ1) is 12.4. The van der Waals surface area contributed by atoms with Crippen LogP contribution in [0.1, 0.15) is 17.1 Å². The van der Waals surface area contributed by atoms with E-state index in [4.69, 9.17) is 11.6 Å². The highest BCUT2D eigenvalue weighted by Crippen LogP contribution is 2.22. The molecule has 0 saturated carbocycles. The number of fused-ring (bicyclic) bond motifs is 1. The van der Waals surface area contributed by atoms with Gasteiger partial charge in [-0.25, -0.2) is 4.98 Å². The van der Waals surface area contributed by atoms with Crippen LogP contribution in [0.15, 0.2) is 28.4 Å². The first-order chi connectivity index (χ1) is 9.19. The molecule has 2 heterocycles. The number of para-hydroxylation sites is 1. The smallest absolute Gasteiger partial charge is 0.304 e. The van der Waals surface area contributed by atoms with E-state index in [2.05, 4.69) is 27.5 Å². The summed E-state index contributed by atoms with van der Waals surface area (Å²) in [4.78, 5) is 18.5. The lowest BCUT2D eigenvalue weighted by atomic mass is 10.2. The van der Waals surface area contributed by atoms with Gasteiger partial charge in [0, 0.05) is 11.1 Å². The van der Waals surface area contributed by atoms with Gasteiger partial charge < -0.3 is 9.55 Å². The Morgan fingerprint density at radius 1 is 1.47 bits per heavy atom. The molecule has 98 valence electrons. The van der Waals surface area contributed by atoms with Gasteiger partial charge in [-0.1, -0.05) is 23.5 Å². The molecule has 0 aliphatic heterocycles. The Morgan fingerprint density at radius 3 is 3.00 bits per heavy atom. The Balaban J connectivity index is 2.17. The third-order valence-corrected chi connectivity index (χ3v) is 4.02. The maximum absolute atomic E-state index is 11.2. The molecule has 3 aromatic rings. The molecular formula is C13H12ClN3OS. The Bertz CT molecular complexity index is 787. The summed E-state index contributed by atoms with van der Waals surface area (Å²) in [6.07, 6.45) is 0. The molecule has 3 rings (SSSR count). The number of hydrogen-bond acceptors (Lipinski definition) is 3. The quantitative estimate of drug-likeness (QED) is 0.755. The van der Waals surface area contributed by atoms with E-state index in [1.165, 1.54) is 11.3 Å². The lowest BCUT2D eigenvalue weighted by molar-refractivity contribution is 0.759. The van der Waals surface area contributed by atoms with E-state index in [0.29, 0.717) is 12.4 Å². The number of aryl methyl sites for hydroxylation is 1. The van der Waals surface area contributed by atoms with Crippen LogP contribution in [0.25, 0.3) is 11.0 Å². The van der Waals surface area contributed by atoms with Crippen LogP contribution in [0, 0.1) is 6.92 Å². The molecule has 1 N–H and O–H groups in total. The van der Waals surface area contributed by atoms with Crippen LogP contribution in [-0.4, -0.2) is 14.5 Å². The molecule has 0 bridgehead atoms. The van der Waals surface area contributed by atoms with Crippen LogP contribution in [0.3, 0.4) is 0 Å². The standard InChI is InChI=1S/C13H12ClN3OS/c1-8-3-2-4-10-12(8)17(11(5-14)16-10)6-9-7-19-13(18)15-9/h2-4,7H,5-6H2,1H3,(H,15,18). The second kappa shape index (κ2) is 4.83. The summed E-state index contributed by atoms with van der Waals surface area (Å²) >= 11 is 7.15. The average molecular weight is 294 g/mol. The van der Waals surface area contributed by atoms with Crippen LogP contribution < -0.4 is 4.87 Å². The van der Waals surface area contributed by atoms with Gasteiger partial charge in [0.2, 0.25) is 0 Å². The third-order valence-electron chi connectivity index (χ3n) is 3.07. The van der Waals surface area contributed by atoms with Gasteiger partial charge in [-0.05, 0) is 18.6 Å². The zero-order valence-electron chi connectivity index (χ0n) is 10.3. The van der Waals surface area contributed by atoms with E-state index < -0.39 is 0 Å². The fourth-order valence-corrected chi connectivity index (χ4v) is 3.02. The predicted octanol–water partition coefficient (Wildman–Crippen LogP) is 2.88. The number of thiazole rings is 1. The summed E-state index contributed by atoms with van der Waals surface area (Å²) in [6.45, 7) is 2.64. The minimum Gasteiger partial charge on any atom is -0.321 e. The number of rotatable bonds is 3. The van der Waals surface area contributed by atoms with Crippen molar-refractivity contribution in [2.45, 2.75) is 19.3 Å². The van der Waals surface area contributed by atoms with E-state index in [1.807, 2.05) is 17.5 Å². The minimum atomic E-state index is -0.0384. The Morgan fingerprint density at radius 2 is 2.32 bits per heavy atom. The fraction of sp³-hybridized carbons (Fsp3) is 0.231. The highest BCUT2D eigenvalue weighted by molar-refractivity contribution is 7.07. The second-order valence-electron chi connectivity index (χ2n) is 4.36. The SMILES string of the molecule is Cc1cccc2nc(CCl)n(Cc3csc(=O)[nH]3)c12. The molecule has 0 atom stereocenters. The van der Waals surface area contributed by atoms with Crippen molar-refractivity contribution in [3.63, 3.8) is 0 Å². The van der Waals surface area contributed by atoms with E-state index in [1.54, 1.807) is 0 Å². The molecule has 2 aromatic heterocycles. The van der Waals surface area contributed by atoms with E-state index in [-0.39, 0.29) is 4.87 Å². The zero-order chi connectivity index (χ0) is 13.4. The Hall–Kier alpha value is -1.59. The normalized spacial score (nSPS) is 11.3. The molecule has 19 heavy (non-hydrogen) atoms. The summed E-state index contributed by atoms with van der Waals surface area (Å²) in [5, 5.41) is 1.84. The maximum atomic E-state index is 11.2. The number of halogens is 1. The number of nitrogens with zero attached hydrogens (tertiary/aromatic N) is 2. The minimum absolute atomic E-state index is 0.0384. The van der Waals surface area contributed by atoms with Gasteiger partial charge in [0.15, 0.2) is 0 Å². The number of aromatic amines is 1. The van der Waals surface area contributed by atoms with Crippen molar-refractivity contribution >= 4 is 34.0 Å². The number of imidazole rings is 1. The lowest BCUT2D eigenvalue weighted by Gasteiger charge is -2.07. The molecule has 0 amide bonds. The summed E-state index contributed by atoms with van der Waals surface area (Å²) < 4.78 is 2.07. The number of hydrogen-bond donors (Lipinski definition) is 1. The molecule has 0 fully saturated rings. The number of benzene rings is 1. The number of nitrogens with one attached hydrogen (secondary N) is 1. The van der Waals surface area contributed by atoms with Crippen molar-refractivity contribution in [2.24, 2.45) is 0 Å². The Labute approximate surface area is 118 Å². The van der Waals surface area contributed by atoms with Crippen LogP contribution in [0.4, 0.5) is 0 Å². The lowest BCUT2D eigenvalue weighted by Crippen LogP contribution is -2.06. The van der Waals surface area contributed by atoms with E-state index in [9.17, 15) is 4.79 Å².